The van der Waals surface area contributed by atoms with Gasteiger partial charge >= 0.3 is 0 Å². The van der Waals surface area contributed by atoms with Crippen LogP contribution in [0.2, 0.25) is 0 Å². The zero-order valence-electron chi connectivity index (χ0n) is 11.8. The molecule has 0 saturated heterocycles. The van der Waals surface area contributed by atoms with E-state index < -0.39 is 0 Å². The molecule has 5 heteroatoms. The fourth-order valence-electron chi connectivity index (χ4n) is 2.69. The van der Waals surface area contributed by atoms with Gasteiger partial charge in [-0.1, -0.05) is 12.8 Å². The molecule has 1 heterocycles. The number of nitrogens with one attached hydrogen (secondary N) is 1. The molecule has 2 rings (SSSR count). The molecule has 0 aliphatic heterocycles. The zero-order chi connectivity index (χ0) is 13.7. The first-order valence-corrected chi connectivity index (χ1v) is 7.13. The van der Waals surface area contributed by atoms with Gasteiger partial charge in [0.25, 0.3) is 0 Å². The minimum atomic E-state index is -0.201. The Kier molecular flexibility index (Phi) is 5.10. The lowest BCUT2D eigenvalue weighted by Crippen LogP contribution is -2.43. The van der Waals surface area contributed by atoms with Gasteiger partial charge < -0.3 is 10.4 Å². The maximum atomic E-state index is 10.0. The van der Waals surface area contributed by atoms with Crippen molar-refractivity contribution in [3.8, 4) is 0 Å². The molecule has 0 spiro atoms. The molecule has 0 radical (unpaired) electrons. The molecule has 1 aromatic heterocycles. The second-order valence-electron chi connectivity index (χ2n) is 5.26. The summed E-state index contributed by atoms with van der Waals surface area (Å²) in [6.07, 6.45) is 7.71. The fraction of sp³-hybridized carbons (Fsp3) is 0.714. The van der Waals surface area contributed by atoms with Crippen molar-refractivity contribution in [3.05, 3.63) is 18.1 Å². The smallest absolute Gasteiger partial charge is 0.144 e. The molecule has 0 bridgehead atoms. The second-order valence-corrected chi connectivity index (χ2v) is 5.26. The summed E-state index contributed by atoms with van der Waals surface area (Å²) in [6, 6.07) is 0.254. The molecule has 1 fully saturated rings. The van der Waals surface area contributed by atoms with E-state index in [-0.39, 0.29) is 12.1 Å². The van der Waals surface area contributed by atoms with Crippen molar-refractivity contribution in [3.63, 3.8) is 0 Å². The highest BCUT2D eigenvalue weighted by atomic mass is 16.3. The average molecular weight is 264 g/mol. The topological polar surface area (TPSA) is 61.3 Å². The quantitative estimate of drug-likeness (QED) is 0.846. The normalized spacial score (nSPS) is 23.6. The standard InChI is InChI=1S/C14H24N4O/c1-3-15-14-9-16-11(8-17-14)10-18(2)12-6-4-5-7-13(12)19/h8-9,12-13,19H,3-7,10H2,1-2H3,(H,15,17). The summed E-state index contributed by atoms with van der Waals surface area (Å²) in [6.45, 7) is 3.62. The molecule has 1 aliphatic carbocycles. The van der Waals surface area contributed by atoms with Gasteiger partial charge in [-0.05, 0) is 26.8 Å². The number of aliphatic hydroxyl groups is 1. The van der Waals surface area contributed by atoms with Gasteiger partial charge in [-0.15, -0.1) is 0 Å². The van der Waals surface area contributed by atoms with Crippen LogP contribution in [0.4, 0.5) is 5.82 Å². The summed E-state index contributed by atoms with van der Waals surface area (Å²) >= 11 is 0. The van der Waals surface area contributed by atoms with Gasteiger partial charge in [0.15, 0.2) is 0 Å². The molecule has 0 aromatic carbocycles. The van der Waals surface area contributed by atoms with Crippen molar-refractivity contribution in [2.45, 2.75) is 51.3 Å². The molecule has 1 aliphatic rings. The largest absolute Gasteiger partial charge is 0.391 e. The van der Waals surface area contributed by atoms with Gasteiger partial charge in [-0.25, -0.2) is 4.98 Å². The number of aromatic nitrogens is 2. The first-order chi connectivity index (χ1) is 9.20. The lowest BCUT2D eigenvalue weighted by Gasteiger charge is -2.34. The number of likely N-dealkylation sites (N-methyl/N-ethyl adjacent to an activating group) is 1. The van der Waals surface area contributed by atoms with Crippen LogP contribution in [-0.2, 0) is 6.54 Å². The van der Waals surface area contributed by atoms with E-state index in [0.717, 1.165) is 43.9 Å². The Morgan fingerprint density at radius 3 is 2.74 bits per heavy atom. The number of hydrogen-bond acceptors (Lipinski definition) is 5. The predicted octanol–water partition coefficient (Wildman–Crippen LogP) is 1.64. The van der Waals surface area contributed by atoms with Crippen LogP contribution in [0.15, 0.2) is 12.4 Å². The van der Waals surface area contributed by atoms with E-state index in [1.807, 2.05) is 13.1 Å². The summed E-state index contributed by atoms with van der Waals surface area (Å²) in [4.78, 5) is 10.9. The number of aliphatic hydroxyl groups excluding tert-OH is 1. The molecule has 2 unspecified atom stereocenters. The molecule has 5 nitrogen and oxygen atoms in total. The Hall–Kier alpha value is -1.20. The summed E-state index contributed by atoms with van der Waals surface area (Å²) in [5.41, 5.74) is 0.946. The van der Waals surface area contributed by atoms with Crippen molar-refractivity contribution in [1.29, 1.82) is 0 Å². The van der Waals surface area contributed by atoms with Crippen LogP contribution in [0.3, 0.4) is 0 Å². The summed E-state index contributed by atoms with van der Waals surface area (Å²) in [5, 5.41) is 13.2. The monoisotopic (exact) mass is 264 g/mol. The van der Waals surface area contributed by atoms with Crippen molar-refractivity contribution < 1.29 is 5.11 Å². The lowest BCUT2D eigenvalue weighted by atomic mass is 9.91. The van der Waals surface area contributed by atoms with E-state index in [1.165, 1.54) is 6.42 Å². The Morgan fingerprint density at radius 1 is 1.32 bits per heavy atom. The first-order valence-electron chi connectivity index (χ1n) is 7.13. The van der Waals surface area contributed by atoms with Gasteiger partial charge in [0.2, 0.25) is 0 Å². The van der Waals surface area contributed by atoms with E-state index in [2.05, 4.69) is 27.2 Å². The first kappa shape index (κ1) is 14.2. The number of nitrogens with zero attached hydrogens (tertiary/aromatic N) is 3. The molecule has 1 aromatic rings. The summed E-state index contributed by atoms with van der Waals surface area (Å²) in [7, 11) is 2.05. The maximum Gasteiger partial charge on any atom is 0.144 e. The molecular formula is C14H24N4O. The van der Waals surface area contributed by atoms with Crippen LogP contribution in [0.25, 0.3) is 0 Å². The maximum absolute atomic E-state index is 10.0. The van der Waals surface area contributed by atoms with E-state index >= 15 is 0 Å². The van der Waals surface area contributed by atoms with Crippen LogP contribution in [0.1, 0.15) is 38.3 Å². The number of hydrogen-bond donors (Lipinski definition) is 2. The number of rotatable bonds is 5. The van der Waals surface area contributed by atoms with Crippen molar-refractivity contribution in [1.82, 2.24) is 14.9 Å². The van der Waals surface area contributed by atoms with Crippen LogP contribution in [0.5, 0.6) is 0 Å². The SMILES string of the molecule is CCNc1cnc(CN(C)C2CCCCC2O)cn1. The predicted molar refractivity (Wildman–Crippen MR) is 75.9 cm³/mol. The van der Waals surface area contributed by atoms with Crippen LogP contribution in [0, 0.1) is 0 Å². The molecule has 0 amide bonds. The van der Waals surface area contributed by atoms with Crippen molar-refractivity contribution >= 4 is 5.82 Å². The molecule has 1 saturated carbocycles. The second kappa shape index (κ2) is 6.82. The molecule has 19 heavy (non-hydrogen) atoms. The van der Waals surface area contributed by atoms with Crippen molar-refractivity contribution in [2.75, 3.05) is 18.9 Å². The van der Waals surface area contributed by atoms with E-state index in [0.29, 0.717) is 0 Å². The third-order valence-corrected chi connectivity index (χ3v) is 3.73. The zero-order valence-corrected chi connectivity index (χ0v) is 11.8. The van der Waals surface area contributed by atoms with Crippen molar-refractivity contribution in [2.24, 2.45) is 0 Å². The highest BCUT2D eigenvalue weighted by Gasteiger charge is 2.26. The Labute approximate surface area is 115 Å². The van der Waals surface area contributed by atoms with E-state index in [9.17, 15) is 5.11 Å². The van der Waals surface area contributed by atoms with Crippen LogP contribution in [-0.4, -0.2) is 45.7 Å². The van der Waals surface area contributed by atoms with Crippen LogP contribution >= 0.6 is 0 Å². The molecule has 2 N–H and O–H groups in total. The number of anilines is 1. The fourth-order valence-corrected chi connectivity index (χ4v) is 2.69. The van der Waals surface area contributed by atoms with Gasteiger partial charge in [0, 0.05) is 19.1 Å². The molecule has 2 atom stereocenters. The highest BCUT2D eigenvalue weighted by Crippen LogP contribution is 2.23. The third-order valence-electron chi connectivity index (χ3n) is 3.73. The van der Waals surface area contributed by atoms with Gasteiger partial charge in [0.1, 0.15) is 5.82 Å². The summed E-state index contributed by atoms with van der Waals surface area (Å²) in [5.74, 6) is 0.812. The van der Waals surface area contributed by atoms with Gasteiger partial charge in [0.05, 0.1) is 24.2 Å². The van der Waals surface area contributed by atoms with E-state index in [4.69, 9.17) is 0 Å². The van der Waals surface area contributed by atoms with Gasteiger partial charge in [-0.3, -0.25) is 9.88 Å². The van der Waals surface area contributed by atoms with Gasteiger partial charge in [-0.2, -0.15) is 0 Å². The molecular weight excluding hydrogens is 240 g/mol. The molecule has 106 valence electrons. The third kappa shape index (κ3) is 3.88. The van der Waals surface area contributed by atoms with E-state index in [1.54, 1.807) is 6.20 Å². The minimum Gasteiger partial charge on any atom is -0.391 e. The lowest BCUT2D eigenvalue weighted by molar-refractivity contribution is 0.0283. The Balaban J connectivity index is 1.92. The summed E-state index contributed by atoms with van der Waals surface area (Å²) < 4.78 is 0. The Morgan fingerprint density at radius 2 is 2.11 bits per heavy atom. The highest BCUT2D eigenvalue weighted by molar-refractivity contribution is 5.30. The average Bonchev–Trinajstić information content (AvgIpc) is 2.42. The minimum absolute atomic E-state index is 0.201. The van der Waals surface area contributed by atoms with Crippen LogP contribution < -0.4 is 5.32 Å². The Bertz CT molecular complexity index is 382.